The van der Waals surface area contributed by atoms with Crippen LogP contribution < -0.4 is 0 Å². The highest BCUT2D eigenvalue weighted by atomic mass is 32.2. The maximum atomic E-state index is 12.2. The van der Waals surface area contributed by atoms with Gasteiger partial charge in [0.1, 0.15) is 0 Å². The van der Waals surface area contributed by atoms with Crippen LogP contribution in [0.2, 0.25) is 0 Å². The average Bonchev–Trinajstić information content (AvgIpc) is 2.33. The summed E-state index contributed by atoms with van der Waals surface area (Å²) < 4.78 is 61.5. The SMILES string of the molecule is C=CCN(/C=C\C(F)(F)F)S(=O)(=O)c1ccc(C)cc1. The molecular weight excluding hydrogens is 291 g/mol. The topological polar surface area (TPSA) is 37.4 Å². The number of halogens is 3. The van der Waals surface area contributed by atoms with E-state index in [0.717, 1.165) is 5.56 Å². The standard InChI is InChI=1S/C13H14F3NO2S/c1-3-9-17(10-8-13(14,15)16)20(18,19)12-6-4-11(2)5-7-12/h3-8,10H,1,9H2,2H3/b10-8-. The highest BCUT2D eigenvalue weighted by Crippen LogP contribution is 2.20. The van der Waals surface area contributed by atoms with Crippen LogP contribution in [0.15, 0.2) is 54.1 Å². The quantitative estimate of drug-likeness (QED) is 0.783. The molecular formula is C13H14F3NO2S. The van der Waals surface area contributed by atoms with E-state index in [1.165, 1.54) is 18.2 Å². The lowest BCUT2D eigenvalue weighted by atomic mass is 10.2. The van der Waals surface area contributed by atoms with Crippen LogP contribution in [0.25, 0.3) is 0 Å². The van der Waals surface area contributed by atoms with Gasteiger partial charge in [-0.1, -0.05) is 23.8 Å². The number of hydrogen-bond donors (Lipinski definition) is 0. The third-order valence-corrected chi connectivity index (χ3v) is 4.12. The third kappa shape index (κ3) is 4.41. The van der Waals surface area contributed by atoms with E-state index in [1.807, 2.05) is 0 Å². The largest absolute Gasteiger partial charge is 0.411 e. The molecule has 0 saturated heterocycles. The zero-order chi connectivity index (χ0) is 15.4. The van der Waals surface area contributed by atoms with Crippen LogP contribution in [0, 0.1) is 6.92 Å². The number of sulfonamides is 1. The molecule has 0 atom stereocenters. The highest BCUT2D eigenvalue weighted by molar-refractivity contribution is 7.89. The van der Waals surface area contributed by atoms with Gasteiger partial charge in [-0.25, -0.2) is 8.42 Å². The Bertz CT molecular complexity index is 589. The van der Waals surface area contributed by atoms with Gasteiger partial charge in [-0.3, -0.25) is 4.31 Å². The molecule has 0 fully saturated rings. The molecule has 0 aliphatic heterocycles. The van der Waals surface area contributed by atoms with Crippen molar-refractivity contribution in [3.05, 3.63) is 54.8 Å². The predicted molar refractivity (Wildman–Crippen MR) is 70.5 cm³/mol. The molecule has 0 N–H and O–H groups in total. The van der Waals surface area contributed by atoms with Gasteiger partial charge in [0.05, 0.1) is 11.4 Å². The molecule has 1 aromatic rings. The van der Waals surface area contributed by atoms with E-state index in [-0.39, 0.29) is 17.5 Å². The molecule has 0 heterocycles. The molecule has 0 amide bonds. The fourth-order valence-electron chi connectivity index (χ4n) is 1.38. The Hall–Kier alpha value is -1.76. The van der Waals surface area contributed by atoms with E-state index in [9.17, 15) is 21.6 Å². The van der Waals surface area contributed by atoms with Gasteiger partial charge in [0.25, 0.3) is 10.0 Å². The summed E-state index contributed by atoms with van der Waals surface area (Å²) in [6, 6.07) is 5.85. The summed E-state index contributed by atoms with van der Waals surface area (Å²) in [5.41, 5.74) is 0.852. The first-order chi connectivity index (χ1) is 9.16. The molecule has 0 aliphatic rings. The monoisotopic (exact) mass is 305 g/mol. The minimum atomic E-state index is -4.58. The fourth-order valence-corrected chi connectivity index (χ4v) is 2.65. The Labute approximate surface area is 116 Å². The summed E-state index contributed by atoms with van der Waals surface area (Å²) in [7, 11) is -4.03. The molecule has 7 heteroatoms. The van der Waals surface area contributed by atoms with Crippen LogP contribution >= 0.6 is 0 Å². The number of hydrogen-bond acceptors (Lipinski definition) is 2. The summed E-state index contributed by atoms with van der Waals surface area (Å²) in [4.78, 5) is -0.0724. The number of aryl methyl sites for hydroxylation is 1. The summed E-state index contributed by atoms with van der Waals surface area (Å²) in [5, 5.41) is 0. The first kappa shape index (κ1) is 16.3. The van der Waals surface area contributed by atoms with E-state index >= 15 is 0 Å². The molecule has 0 unspecified atom stereocenters. The van der Waals surface area contributed by atoms with E-state index in [0.29, 0.717) is 10.5 Å². The van der Waals surface area contributed by atoms with Crippen LogP contribution in [-0.2, 0) is 10.0 Å². The summed E-state index contributed by atoms with van der Waals surface area (Å²) in [5.74, 6) is 0. The minimum absolute atomic E-state index is 0.0724. The number of benzene rings is 1. The lowest BCUT2D eigenvalue weighted by Crippen LogP contribution is -2.26. The van der Waals surface area contributed by atoms with Crippen molar-refractivity contribution in [2.75, 3.05) is 6.54 Å². The van der Waals surface area contributed by atoms with Gasteiger partial charge >= 0.3 is 6.18 Å². The fraction of sp³-hybridized carbons (Fsp3) is 0.231. The minimum Gasteiger partial charge on any atom is -0.270 e. The van der Waals surface area contributed by atoms with E-state index in [2.05, 4.69) is 6.58 Å². The van der Waals surface area contributed by atoms with Crippen LogP contribution in [0.4, 0.5) is 13.2 Å². The molecule has 3 nitrogen and oxygen atoms in total. The summed E-state index contributed by atoms with van der Waals surface area (Å²) >= 11 is 0. The maximum Gasteiger partial charge on any atom is 0.411 e. The lowest BCUT2D eigenvalue weighted by molar-refractivity contribution is -0.0804. The van der Waals surface area contributed by atoms with E-state index < -0.39 is 16.2 Å². The van der Waals surface area contributed by atoms with Crippen LogP contribution in [0.5, 0.6) is 0 Å². The second-order valence-corrected chi connectivity index (χ2v) is 5.92. The normalized spacial score (nSPS) is 12.6. The Morgan fingerprint density at radius 1 is 1.25 bits per heavy atom. The van der Waals surface area contributed by atoms with Crippen molar-refractivity contribution < 1.29 is 21.6 Å². The zero-order valence-corrected chi connectivity index (χ0v) is 11.6. The molecule has 0 bridgehead atoms. The molecule has 0 radical (unpaired) electrons. The van der Waals surface area contributed by atoms with Crippen molar-refractivity contribution >= 4 is 10.0 Å². The Balaban J connectivity index is 3.15. The Morgan fingerprint density at radius 2 is 1.80 bits per heavy atom. The molecule has 0 aliphatic carbocycles. The number of alkyl halides is 3. The highest BCUT2D eigenvalue weighted by Gasteiger charge is 2.26. The van der Waals surface area contributed by atoms with Gasteiger partial charge in [-0.15, -0.1) is 6.58 Å². The molecule has 1 rings (SSSR count). The van der Waals surface area contributed by atoms with E-state index in [1.54, 1.807) is 19.1 Å². The van der Waals surface area contributed by atoms with E-state index in [4.69, 9.17) is 0 Å². The zero-order valence-electron chi connectivity index (χ0n) is 10.8. The first-order valence-electron chi connectivity index (χ1n) is 5.62. The van der Waals surface area contributed by atoms with Crippen molar-refractivity contribution in [2.45, 2.75) is 18.0 Å². The van der Waals surface area contributed by atoms with Crippen molar-refractivity contribution in [1.82, 2.24) is 4.31 Å². The first-order valence-corrected chi connectivity index (χ1v) is 7.06. The molecule has 1 aromatic carbocycles. The molecule has 0 saturated carbocycles. The van der Waals surface area contributed by atoms with Crippen molar-refractivity contribution in [3.63, 3.8) is 0 Å². The van der Waals surface area contributed by atoms with Gasteiger partial charge in [-0.05, 0) is 19.1 Å². The van der Waals surface area contributed by atoms with Crippen molar-refractivity contribution in [1.29, 1.82) is 0 Å². The number of allylic oxidation sites excluding steroid dienone is 1. The van der Waals surface area contributed by atoms with Gasteiger partial charge in [0.2, 0.25) is 0 Å². The molecule has 0 aromatic heterocycles. The molecule has 0 spiro atoms. The Kier molecular flexibility index (Phi) is 4.99. The number of nitrogens with zero attached hydrogens (tertiary/aromatic N) is 1. The van der Waals surface area contributed by atoms with Crippen LogP contribution in [0.1, 0.15) is 5.56 Å². The molecule has 20 heavy (non-hydrogen) atoms. The summed E-state index contributed by atoms with van der Waals surface area (Å²) in [6.07, 6.45) is -2.99. The Morgan fingerprint density at radius 3 is 2.25 bits per heavy atom. The van der Waals surface area contributed by atoms with Gasteiger partial charge in [0.15, 0.2) is 0 Å². The van der Waals surface area contributed by atoms with Crippen molar-refractivity contribution in [2.24, 2.45) is 0 Å². The lowest BCUT2D eigenvalue weighted by Gasteiger charge is -2.19. The van der Waals surface area contributed by atoms with Gasteiger partial charge in [-0.2, -0.15) is 13.2 Å². The second-order valence-electron chi connectivity index (χ2n) is 4.03. The van der Waals surface area contributed by atoms with Gasteiger partial charge < -0.3 is 0 Å². The van der Waals surface area contributed by atoms with Crippen LogP contribution in [0.3, 0.4) is 0 Å². The van der Waals surface area contributed by atoms with Crippen LogP contribution in [-0.4, -0.2) is 25.4 Å². The van der Waals surface area contributed by atoms with Gasteiger partial charge in [0, 0.05) is 12.3 Å². The average molecular weight is 305 g/mol. The third-order valence-electron chi connectivity index (χ3n) is 2.37. The maximum absolute atomic E-state index is 12.2. The second kappa shape index (κ2) is 6.13. The molecule has 110 valence electrons. The smallest absolute Gasteiger partial charge is 0.270 e. The summed E-state index contributed by atoms with van der Waals surface area (Å²) in [6.45, 7) is 4.88. The van der Waals surface area contributed by atoms with Crippen molar-refractivity contribution in [3.8, 4) is 0 Å². The number of rotatable bonds is 5. The predicted octanol–water partition coefficient (Wildman–Crippen LogP) is 3.25.